The lowest BCUT2D eigenvalue weighted by Gasteiger charge is -2.27. The lowest BCUT2D eigenvalue weighted by molar-refractivity contribution is 0.199. The first-order valence-corrected chi connectivity index (χ1v) is 21.9. The quantitative estimate of drug-likeness (QED) is 0.118. The highest BCUT2D eigenvalue weighted by atomic mass is 28.4. The third-order valence-corrected chi connectivity index (χ3v) is 15.1. The highest BCUT2D eigenvalue weighted by Gasteiger charge is 2.29. The lowest BCUT2D eigenvalue weighted by Crippen LogP contribution is -2.38. The molecule has 43 heavy (non-hydrogen) atoms. The Hall–Kier alpha value is 0.0338. The highest BCUT2D eigenvalue weighted by molar-refractivity contribution is 6.66. The monoisotopic (exact) mass is 649 g/mol. The van der Waals surface area contributed by atoms with Crippen molar-refractivity contribution in [1.82, 2.24) is 29.4 Å². The fourth-order valence-electron chi connectivity index (χ4n) is 5.82. The van der Waals surface area contributed by atoms with E-state index in [1.807, 2.05) is 0 Å². The third kappa shape index (κ3) is 19.3. The smallest absolute Gasteiger partial charge is 0.334 e. The normalized spacial score (nSPS) is 15.8. The summed E-state index contributed by atoms with van der Waals surface area (Å²) < 4.78 is 22.9. The van der Waals surface area contributed by atoms with Crippen LogP contribution in [-0.4, -0.2) is 188 Å². The number of nitrogens with zero attached hydrogens (tertiary/aromatic N) is 6. The summed E-state index contributed by atoms with van der Waals surface area (Å²) in [6.07, 6.45) is 7.22. The predicted molar refractivity (Wildman–Crippen MR) is 187 cm³/mol. The van der Waals surface area contributed by atoms with Gasteiger partial charge in [-0.2, -0.15) is 0 Å². The van der Waals surface area contributed by atoms with Crippen LogP contribution >= 0.6 is 0 Å². The standard InChI is InChI=1S/C31H72N6O4Si2/c1-32(2)17-11-19-34(25-15-29-42(9,38-5)39-6)21-13-23-36-27-28-37(31-36)24-14-22-35(20-12-18-33(3)4)26-16-30-43(10,40-7)41-8/h11-31H2,1-10H3. The molecule has 0 unspecified atom stereocenters. The van der Waals surface area contributed by atoms with E-state index >= 15 is 0 Å². The van der Waals surface area contributed by atoms with E-state index in [0.29, 0.717) is 0 Å². The van der Waals surface area contributed by atoms with E-state index in [-0.39, 0.29) is 0 Å². The van der Waals surface area contributed by atoms with Crippen molar-refractivity contribution < 1.29 is 17.7 Å². The highest BCUT2D eigenvalue weighted by Crippen LogP contribution is 2.16. The van der Waals surface area contributed by atoms with Gasteiger partial charge in [-0.25, -0.2) is 0 Å². The van der Waals surface area contributed by atoms with Crippen LogP contribution < -0.4 is 0 Å². The van der Waals surface area contributed by atoms with E-state index < -0.39 is 17.1 Å². The van der Waals surface area contributed by atoms with Crippen molar-refractivity contribution in [3.05, 3.63) is 0 Å². The van der Waals surface area contributed by atoms with Gasteiger partial charge in [-0.3, -0.25) is 9.80 Å². The Bertz CT molecular complexity index is 620. The van der Waals surface area contributed by atoms with E-state index in [4.69, 9.17) is 17.7 Å². The van der Waals surface area contributed by atoms with Gasteiger partial charge in [0.15, 0.2) is 0 Å². The van der Waals surface area contributed by atoms with E-state index in [0.717, 1.165) is 57.8 Å². The predicted octanol–water partition coefficient (Wildman–Crippen LogP) is 3.36. The second-order valence-electron chi connectivity index (χ2n) is 13.4. The first kappa shape index (κ1) is 41.1. The van der Waals surface area contributed by atoms with Crippen LogP contribution in [0.5, 0.6) is 0 Å². The van der Waals surface area contributed by atoms with E-state index in [9.17, 15) is 0 Å². The molecular formula is C31H72N6O4Si2. The molecule has 1 aliphatic rings. The molecule has 1 rings (SSSR count). The van der Waals surface area contributed by atoms with E-state index in [2.05, 4.69) is 70.7 Å². The van der Waals surface area contributed by atoms with Crippen molar-refractivity contribution in [2.24, 2.45) is 0 Å². The molecule has 0 amide bonds. The van der Waals surface area contributed by atoms with Crippen molar-refractivity contribution >= 4 is 17.1 Å². The summed E-state index contributed by atoms with van der Waals surface area (Å²) in [6.45, 7) is 19.5. The van der Waals surface area contributed by atoms with Gasteiger partial charge in [0.25, 0.3) is 0 Å². The molecule has 0 aromatic heterocycles. The molecule has 1 fully saturated rings. The Morgan fingerprint density at radius 3 is 1.14 bits per heavy atom. The Kier molecular flexibility index (Phi) is 22.3. The van der Waals surface area contributed by atoms with Crippen molar-refractivity contribution in [2.75, 3.05) is 142 Å². The SMILES string of the molecule is CO[Si](C)(CCCN(CCCN(C)C)CCCN1CCN(CCCN(CCCN(C)C)CCC[Si](C)(OC)OC)C1)OC. The Balaban J connectivity index is 2.42. The minimum Gasteiger partial charge on any atom is -0.398 e. The minimum absolute atomic E-state index is 1.06. The number of rotatable bonds is 28. The summed E-state index contributed by atoms with van der Waals surface area (Å²) in [5.41, 5.74) is 0. The van der Waals surface area contributed by atoms with Gasteiger partial charge in [0.1, 0.15) is 0 Å². The molecular weight excluding hydrogens is 577 g/mol. The van der Waals surface area contributed by atoms with Gasteiger partial charge in [-0.05, 0) is 144 Å². The zero-order chi connectivity index (χ0) is 32.1. The van der Waals surface area contributed by atoms with Crippen molar-refractivity contribution in [3.63, 3.8) is 0 Å². The van der Waals surface area contributed by atoms with Crippen molar-refractivity contribution in [3.8, 4) is 0 Å². The molecule has 1 aliphatic heterocycles. The van der Waals surface area contributed by atoms with Crippen LogP contribution in [0, 0.1) is 0 Å². The molecule has 0 aromatic rings. The van der Waals surface area contributed by atoms with Gasteiger partial charge < -0.3 is 37.3 Å². The van der Waals surface area contributed by atoms with Gasteiger partial charge in [0.2, 0.25) is 0 Å². The molecule has 1 heterocycles. The lowest BCUT2D eigenvalue weighted by atomic mass is 10.3. The molecule has 0 atom stereocenters. The molecule has 0 saturated carbocycles. The summed E-state index contributed by atoms with van der Waals surface area (Å²) >= 11 is 0. The Labute approximate surface area is 269 Å². The van der Waals surface area contributed by atoms with E-state index in [1.165, 1.54) is 78.0 Å². The van der Waals surface area contributed by atoms with Crippen molar-refractivity contribution in [1.29, 1.82) is 0 Å². The molecule has 0 N–H and O–H groups in total. The topological polar surface area (TPSA) is 56.4 Å². The van der Waals surface area contributed by atoms with Crippen LogP contribution in [0.3, 0.4) is 0 Å². The molecule has 1 saturated heterocycles. The first-order chi connectivity index (χ1) is 20.5. The maximum atomic E-state index is 5.71. The molecule has 0 aliphatic carbocycles. The first-order valence-electron chi connectivity index (χ1n) is 16.9. The van der Waals surface area contributed by atoms with Crippen LogP contribution in [0.25, 0.3) is 0 Å². The fourth-order valence-corrected chi connectivity index (χ4v) is 8.57. The number of hydrogen-bond donors (Lipinski definition) is 0. The molecule has 10 nitrogen and oxygen atoms in total. The van der Waals surface area contributed by atoms with Crippen LogP contribution in [0.4, 0.5) is 0 Å². The number of hydrogen-bond acceptors (Lipinski definition) is 10. The van der Waals surface area contributed by atoms with Gasteiger partial charge in [0, 0.05) is 54.6 Å². The molecule has 258 valence electrons. The fraction of sp³-hybridized carbons (Fsp3) is 1.00. The van der Waals surface area contributed by atoms with Gasteiger partial charge in [0.05, 0.1) is 6.67 Å². The summed E-state index contributed by atoms with van der Waals surface area (Å²) in [5, 5.41) is 0. The van der Waals surface area contributed by atoms with Crippen LogP contribution in [0.2, 0.25) is 25.2 Å². The maximum Gasteiger partial charge on any atom is 0.334 e. The van der Waals surface area contributed by atoms with Crippen LogP contribution in [0.1, 0.15) is 38.5 Å². The summed E-state index contributed by atoms with van der Waals surface area (Å²) in [6, 6.07) is 2.11. The summed E-state index contributed by atoms with van der Waals surface area (Å²) in [7, 11) is 11.9. The minimum atomic E-state index is -1.98. The second-order valence-corrected chi connectivity index (χ2v) is 20.5. The molecule has 0 radical (unpaired) electrons. The maximum absolute atomic E-state index is 5.71. The average Bonchev–Trinajstić information content (AvgIpc) is 3.43. The Morgan fingerprint density at radius 2 is 0.814 bits per heavy atom. The molecule has 12 heteroatoms. The largest absolute Gasteiger partial charge is 0.398 e. The third-order valence-electron chi connectivity index (χ3n) is 9.13. The van der Waals surface area contributed by atoms with Gasteiger partial charge in [-0.1, -0.05) is 0 Å². The molecule has 0 bridgehead atoms. The zero-order valence-electron chi connectivity index (χ0n) is 30.2. The van der Waals surface area contributed by atoms with Gasteiger partial charge >= 0.3 is 17.1 Å². The molecule has 0 aromatic carbocycles. The Morgan fingerprint density at radius 1 is 0.488 bits per heavy atom. The van der Waals surface area contributed by atoms with Crippen LogP contribution in [0.15, 0.2) is 0 Å². The van der Waals surface area contributed by atoms with Crippen molar-refractivity contribution in [2.45, 2.75) is 63.7 Å². The van der Waals surface area contributed by atoms with E-state index in [1.54, 1.807) is 28.4 Å². The summed E-state index contributed by atoms with van der Waals surface area (Å²) in [5.74, 6) is 0. The zero-order valence-corrected chi connectivity index (χ0v) is 32.2. The molecule has 0 spiro atoms. The van der Waals surface area contributed by atoms with Crippen LogP contribution in [-0.2, 0) is 17.7 Å². The average molecular weight is 649 g/mol. The van der Waals surface area contributed by atoms with Gasteiger partial charge in [-0.15, -0.1) is 0 Å². The second kappa shape index (κ2) is 23.4. The summed E-state index contributed by atoms with van der Waals surface area (Å²) in [4.78, 5) is 15.3.